The second-order valence-corrected chi connectivity index (χ2v) is 9.63. The minimum atomic E-state index is -0.268. The fourth-order valence-corrected chi connectivity index (χ4v) is 5.70. The molecular formula is C26H30N4O4. The highest BCUT2D eigenvalue weighted by atomic mass is 16.2. The van der Waals surface area contributed by atoms with Crippen LogP contribution in [0.3, 0.4) is 0 Å². The van der Waals surface area contributed by atoms with E-state index in [0.717, 1.165) is 25.1 Å². The molecule has 3 aliphatic heterocycles. The zero-order valence-corrected chi connectivity index (χ0v) is 19.2. The fraction of sp³-hybridized carbons (Fsp3) is 0.462. The topological polar surface area (TPSA) is 91.7 Å². The van der Waals surface area contributed by atoms with Crippen LogP contribution in [0.25, 0.3) is 0 Å². The smallest absolute Gasteiger partial charge is 0.251 e. The highest BCUT2D eigenvalue weighted by Gasteiger charge is 2.38. The number of nitrogens with zero attached hydrogens (tertiary/aromatic N) is 3. The molecule has 0 radical (unpaired) electrons. The van der Waals surface area contributed by atoms with E-state index in [1.54, 1.807) is 35.2 Å². The van der Waals surface area contributed by atoms with Gasteiger partial charge in [-0.1, -0.05) is 24.3 Å². The van der Waals surface area contributed by atoms with Crippen molar-refractivity contribution in [2.75, 3.05) is 32.7 Å². The van der Waals surface area contributed by atoms with E-state index in [4.69, 9.17) is 0 Å². The summed E-state index contributed by atoms with van der Waals surface area (Å²) in [6.45, 7) is 2.30. The van der Waals surface area contributed by atoms with Crippen molar-refractivity contribution < 1.29 is 14.4 Å². The van der Waals surface area contributed by atoms with Gasteiger partial charge < -0.3 is 19.7 Å². The van der Waals surface area contributed by atoms with Crippen molar-refractivity contribution >= 4 is 17.7 Å². The van der Waals surface area contributed by atoms with Crippen molar-refractivity contribution in [3.63, 3.8) is 0 Å². The lowest BCUT2D eigenvalue weighted by molar-refractivity contribution is -0.142. The predicted molar refractivity (Wildman–Crippen MR) is 126 cm³/mol. The van der Waals surface area contributed by atoms with E-state index < -0.39 is 0 Å². The van der Waals surface area contributed by atoms with E-state index in [1.807, 2.05) is 27.7 Å². The highest BCUT2D eigenvalue weighted by molar-refractivity contribution is 5.96. The lowest BCUT2D eigenvalue weighted by Gasteiger charge is -2.44. The summed E-state index contributed by atoms with van der Waals surface area (Å²) in [5.41, 5.74) is 1.62. The predicted octanol–water partition coefficient (Wildman–Crippen LogP) is 1.46. The second-order valence-electron chi connectivity index (χ2n) is 9.63. The Kier molecular flexibility index (Phi) is 6.22. The van der Waals surface area contributed by atoms with E-state index in [9.17, 15) is 19.2 Å². The summed E-state index contributed by atoms with van der Waals surface area (Å²) in [5, 5.41) is 2.68. The summed E-state index contributed by atoms with van der Waals surface area (Å²) in [6.07, 6.45) is 3.03. The summed E-state index contributed by atoms with van der Waals surface area (Å²) < 4.78 is 1.88. The number of fused-ring (bicyclic) bond motifs is 4. The monoisotopic (exact) mass is 462 g/mol. The van der Waals surface area contributed by atoms with E-state index >= 15 is 0 Å². The standard InChI is InChI=1S/C26H30N4O4/c31-23-8-4-7-21-13-18-14-22(30(21)23)17-29(16-18)26(34)20-9-11-28(12-10-20)24(32)15-27-25(33)19-5-2-1-3-6-19/h1-8,18,20,22H,9-17H2,(H,27,33)/t18-,22+/m1/s1. The van der Waals surface area contributed by atoms with Crippen LogP contribution in [0.4, 0.5) is 0 Å². The van der Waals surface area contributed by atoms with Gasteiger partial charge in [0.05, 0.1) is 12.6 Å². The van der Waals surface area contributed by atoms with Crippen LogP contribution < -0.4 is 10.9 Å². The van der Waals surface area contributed by atoms with Gasteiger partial charge in [0.25, 0.3) is 11.5 Å². The van der Waals surface area contributed by atoms with Crippen LogP contribution in [-0.2, 0) is 16.0 Å². The Morgan fingerprint density at radius 1 is 0.912 bits per heavy atom. The summed E-state index contributed by atoms with van der Waals surface area (Å²) in [5.74, 6) is 0.0359. The van der Waals surface area contributed by atoms with Gasteiger partial charge in [-0.15, -0.1) is 0 Å². The molecule has 8 heteroatoms. The van der Waals surface area contributed by atoms with Gasteiger partial charge in [0.2, 0.25) is 11.8 Å². The lowest BCUT2D eigenvalue weighted by atomic mass is 9.84. The van der Waals surface area contributed by atoms with Gasteiger partial charge in [0, 0.05) is 49.4 Å². The Hall–Kier alpha value is -3.42. The van der Waals surface area contributed by atoms with Gasteiger partial charge in [0.15, 0.2) is 0 Å². The molecule has 1 aromatic heterocycles. The number of piperidine rings is 2. The minimum Gasteiger partial charge on any atom is -0.343 e. The first kappa shape index (κ1) is 22.4. The number of pyridine rings is 1. The number of nitrogens with one attached hydrogen (secondary N) is 1. The van der Waals surface area contributed by atoms with Crippen molar-refractivity contribution in [2.45, 2.75) is 31.7 Å². The molecule has 1 N–H and O–H groups in total. The van der Waals surface area contributed by atoms with E-state index in [0.29, 0.717) is 44.0 Å². The third kappa shape index (κ3) is 4.49. The van der Waals surface area contributed by atoms with Crippen LogP contribution in [-0.4, -0.2) is 64.8 Å². The van der Waals surface area contributed by atoms with Crippen molar-refractivity contribution in [2.24, 2.45) is 11.8 Å². The Labute approximate surface area is 198 Å². The fourth-order valence-electron chi connectivity index (χ4n) is 5.70. The van der Waals surface area contributed by atoms with Gasteiger partial charge in [-0.05, 0) is 49.8 Å². The molecule has 178 valence electrons. The van der Waals surface area contributed by atoms with Crippen molar-refractivity contribution in [1.29, 1.82) is 0 Å². The van der Waals surface area contributed by atoms with Crippen LogP contribution in [0.5, 0.6) is 0 Å². The summed E-state index contributed by atoms with van der Waals surface area (Å²) in [7, 11) is 0. The molecule has 2 bridgehead atoms. The average molecular weight is 463 g/mol. The molecule has 8 nitrogen and oxygen atoms in total. The number of rotatable bonds is 4. The van der Waals surface area contributed by atoms with Gasteiger partial charge in [-0.3, -0.25) is 19.2 Å². The van der Waals surface area contributed by atoms with E-state index in [-0.39, 0.29) is 41.8 Å². The molecule has 2 saturated heterocycles. The molecule has 0 unspecified atom stereocenters. The molecule has 34 heavy (non-hydrogen) atoms. The van der Waals surface area contributed by atoms with Crippen LogP contribution in [0.1, 0.15) is 41.4 Å². The molecule has 3 aliphatic rings. The zero-order chi connectivity index (χ0) is 23.7. The number of hydrogen-bond donors (Lipinski definition) is 1. The third-order valence-electron chi connectivity index (χ3n) is 7.40. The van der Waals surface area contributed by atoms with Gasteiger partial charge in [-0.2, -0.15) is 0 Å². The van der Waals surface area contributed by atoms with Crippen molar-refractivity contribution in [1.82, 2.24) is 19.7 Å². The molecule has 0 spiro atoms. The number of likely N-dealkylation sites (tertiary alicyclic amines) is 2. The van der Waals surface area contributed by atoms with Gasteiger partial charge in [0.1, 0.15) is 0 Å². The minimum absolute atomic E-state index is 0.0152. The molecule has 4 heterocycles. The largest absolute Gasteiger partial charge is 0.343 e. The highest BCUT2D eigenvalue weighted by Crippen LogP contribution is 2.34. The lowest BCUT2D eigenvalue weighted by Crippen LogP contribution is -2.53. The molecule has 0 aliphatic carbocycles. The number of hydrogen-bond acceptors (Lipinski definition) is 4. The van der Waals surface area contributed by atoms with Crippen LogP contribution in [0.2, 0.25) is 0 Å². The first-order valence-electron chi connectivity index (χ1n) is 12.1. The normalized spacial score (nSPS) is 22.1. The molecule has 0 saturated carbocycles. The van der Waals surface area contributed by atoms with E-state index in [1.165, 1.54) is 0 Å². The average Bonchev–Trinajstić information content (AvgIpc) is 2.87. The zero-order valence-electron chi connectivity index (χ0n) is 19.2. The molecule has 1 aromatic carbocycles. The Balaban J connectivity index is 1.13. The third-order valence-corrected chi connectivity index (χ3v) is 7.40. The maximum atomic E-state index is 13.3. The molecule has 2 fully saturated rings. The van der Waals surface area contributed by atoms with E-state index in [2.05, 4.69) is 5.32 Å². The summed E-state index contributed by atoms with van der Waals surface area (Å²) in [6, 6.07) is 14.3. The molecule has 2 atom stereocenters. The van der Waals surface area contributed by atoms with Gasteiger partial charge >= 0.3 is 0 Å². The maximum absolute atomic E-state index is 13.3. The van der Waals surface area contributed by atoms with Crippen molar-refractivity contribution in [3.8, 4) is 0 Å². The Bertz CT molecular complexity index is 1140. The number of aromatic nitrogens is 1. The number of amides is 3. The Morgan fingerprint density at radius 2 is 1.68 bits per heavy atom. The number of carbonyl (C=O) groups excluding carboxylic acids is 3. The van der Waals surface area contributed by atoms with Gasteiger partial charge in [-0.25, -0.2) is 0 Å². The maximum Gasteiger partial charge on any atom is 0.251 e. The molecule has 2 aromatic rings. The molecular weight excluding hydrogens is 432 g/mol. The van der Waals surface area contributed by atoms with Crippen LogP contribution in [0.15, 0.2) is 53.3 Å². The summed E-state index contributed by atoms with van der Waals surface area (Å²) >= 11 is 0. The first-order valence-corrected chi connectivity index (χ1v) is 12.1. The van der Waals surface area contributed by atoms with Crippen LogP contribution in [0, 0.1) is 11.8 Å². The second kappa shape index (κ2) is 9.44. The molecule has 3 amide bonds. The molecule has 5 rings (SSSR count). The Morgan fingerprint density at radius 3 is 2.44 bits per heavy atom. The van der Waals surface area contributed by atoms with Crippen LogP contribution >= 0.6 is 0 Å². The SMILES string of the molecule is O=C(NCC(=O)N1CCC(C(=O)N2C[C@@H]3Cc4cccc(=O)n4[C@@H](C3)C2)CC1)c1ccccc1. The number of benzene rings is 1. The quantitative estimate of drug-likeness (QED) is 0.745. The summed E-state index contributed by atoms with van der Waals surface area (Å²) in [4.78, 5) is 54.2. The first-order chi connectivity index (χ1) is 16.5. The number of carbonyl (C=O) groups is 3. The van der Waals surface area contributed by atoms with Crippen molar-refractivity contribution in [3.05, 3.63) is 70.1 Å².